The van der Waals surface area contributed by atoms with Gasteiger partial charge in [-0.25, -0.2) is 0 Å². The summed E-state index contributed by atoms with van der Waals surface area (Å²) in [6.45, 7) is 10.5. The zero-order valence-corrected chi connectivity index (χ0v) is 15.1. The third-order valence-electron chi connectivity index (χ3n) is 4.07. The molecule has 1 N–H and O–H groups in total. The molecule has 3 nitrogen and oxygen atoms in total. The molecule has 0 saturated carbocycles. The zero-order chi connectivity index (χ0) is 14.4. The summed E-state index contributed by atoms with van der Waals surface area (Å²) < 4.78 is 5.32. The lowest BCUT2D eigenvalue weighted by Crippen LogP contribution is -2.45. The van der Waals surface area contributed by atoms with Crippen molar-refractivity contribution in [3.8, 4) is 5.75 Å². The molecule has 0 aromatic heterocycles. The minimum absolute atomic E-state index is 0. The number of nitrogens with zero attached hydrogens (tertiary/aromatic N) is 1. The van der Waals surface area contributed by atoms with E-state index in [1.807, 2.05) is 6.08 Å². The van der Waals surface area contributed by atoms with E-state index in [4.69, 9.17) is 4.74 Å². The summed E-state index contributed by atoms with van der Waals surface area (Å²) in [4.78, 5) is 2.59. The van der Waals surface area contributed by atoms with Gasteiger partial charge in [0.05, 0.1) is 7.11 Å². The van der Waals surface area contributed by atoms with Crippen LogP contribution in [-0.4, -0.2) is 38.2 Å². The number of allylic oxidation sites excluding steroid dienone is 1. The van der Waals surface area contributed by atoms with Gasteiger partial charge in [-0.1, -0.05) is 12.1 Å². The first kappa shape index (κ1) is 21.3. The molecule has 0 radical (unpaired) electrons. The van der Waals surface area contributed by atoms with Crippen molar-refractivity contribution in [1.29, 1.82) is 0 Å². The molecular weight excluding hydrogens is 319 g/mol. The molecule has 1 heterocycles. The molecule has 1 aromatic rings. The Labute approximate surface area is 146 Å². The number of hydrogen-bond donors (Lipinski definition) is 1. The molecule has 1 atom stereocenters. The van der Waals surface area contributed by atoms with Gasteiger partial charge in [-0.2, -0.15) is 0 Å². The number of methoxy groups -OCH3 is 1. The van der Waals surface area contributed by atoms with E-state index in [1.165, 1.54) is 11.1 Å². The molecule has 1 saturated heterocycles. The number of rotatable bonds is 6. The van der Waals surface area contributed by atoms with E-state index in [9.17, 15) is 0 Å². The summed E-state index contributed by atoms with van der Waals surface area (Å²) in [6, 6.07) is 6.93. The van der Waals surface area contributed by atoms with Gasteiger partial charge in [0.2, 0.25) is 0 Å². The summed E-state index contributed by atoms with van der Waals surface area (Å²) in [6.07, 6.45) is 4.21. The Hall–Kier alpha value is -0.740. The second-order valence-electron chi connectivity index (χ2n) is 5.39. The second kappa shape index (κ2) is 10.9. The molecule has 0 aliphatic carbocycles. The summed E-state index contributed by atoms with van der Waals surface area (Å²) in [5, 5.41) is 3.43. The van der Waals surface area contributed by atoms with Crippen molar-refractivity contribution in [2.45, 2.75) is 25.8 Å². The van der Waals surface area contributed by atoms with E-state index in [1.54, 1.807) is 7.11 Å². The maximum absolute atomic E-state index is 5.32. The first-order chi connectivity index (χ1) is 9.76. The predicted octanol–water partition coefficient (Wildman–Crippen LogP) is 3.76. The maximum Gasteiger partial charge on any atom is 0.119 e. The Morgan fingerprint density at radius 3 is 2.55 bits per heavy atom. The van der Waals surface area contributed by atoms with Crippen molar-refractivity contribution in [1.82, 2.24) is 10.2 Å². The Kier molecular flexibility index (Phi) is 10.5. The lowest BCUT2D eigenvalue weighted by atomic mass is 9.95. The van der Waals surface area contributed by atoms with E-state index in [0.29, 0.717) is 6.04 Å². The van der Waals surface area contributed by atoms with Crippen LogP contribution in [0.25, 0.3) is 0 Å². The predicted molar refractivity (Wildman–Crippen MR) is 98.8 cm³/mol. The minimum Gasteiger partial charge on any atom is -0.497 e. The number of nitrogens with one attached hydrogen (secondary N) is 1. The average Bonchev–Trinajstić information content (AvgIpc) is 2.50. The molecule has 2 rings (SSSR count). The van der Waals surface area contributed by atoms with Crippen molar-refractivity contribution in [3.05, 3.63) is 42.0 Å². The number of aryl methyl sites for hydroxylation is 1. The normalized spacial score (nSPS) is 16.1. The van der Waals surface area contributed by atoms with Crippen molar-refractivity contribution in [2.24, 2.45) is 0 Å². The molecule has 5 heteroatoms. The Morgan fingerprint density at radius 2 is 2.00 bits per heavy atom. The molecule has 126 valence electrons. The number of halogens is 2. The van der Waals surface area contributed by atoms with Gasteiger partial charge in [-0.05, 0) is 43.0 Å². The van der Waals surface area contributed by atoms with Gasteiger partial charge in [-0.15, -0.1) is 31.4 Å². The number of benzene rings is 1. The molecule has 0 spiro atoms. The smallest absolute Gasteiger partial charge is 0.119 e. The van der Waals surface area contributed by atoms with Crippen LogP contribution in [0.4, 0.5) is 0 Å². The Balaban J connectivity index is 0.00000220. The minimum atomic E-state index is 0. The van der Waals surface area contributed by atoms with Gasteiger partial charge in [0.25, 0.3) is 0 Å². The van der Waals surface area contributed by atoms with Gasteiger partial charge in [0.1, 0.15) is 5.75 Å². The first-order valence-electron chi connectivity index (χ1n) is 7.46. The Morgan fingerprint density at radius 1 is 1.32 bits per heavy atom. The molecular formula is C17H28Cl2N2O. The van der Waals surface area contributed by atoms with Crippen LogP contribution >= 0.6 is 24.8 Å². The SMILES string of the molecule is C=CCC[C@@H](c1ccc(OC)cc1C)N1CCNCC1.Cl.Cl. The quantitative estimate of drug-likeness (QED) is 0.793. The summed E-state index contributed by atoms with van der Waals surface area (Å²) in [7, 11) is 1.72. The third kappa shape index (κ3) is 5.47. The highest BCUT2D eigenvalue weighted by atomic mass is 35.5. The maximum atomic E-state index is 5.32. The van der Waals surface area contributed by atoms with E-state index in [0.717, 1.165) is 44.8 Å². The lowest BCUT2D eigenvalue weighted by molar-refractivity contribution is 0.165. The standard InChI is InChI=1S/C17H26N2O.2ClH/c1-4-5-6-17(19-11-9-18-10-12-19)16-8-7-15(20-3)13-14(16)2;;/h4,7-8,13,17-18H,1,5-6,9-12H2,2-3H3;2*1H/t17-;;/m0../s1. The van der Waals surface area contributed by atoms with Crippen LogP contribution in [0.3, 0.4) is 0 Å². The number of piperazine rings is 1. The zero-order valence-electron chi connectivity index (χ0n) is 13.5. The summed E-state index contributed by atoms with van der Waals surface area (Å²) in [5.41, 5.74) is 2.74. The van der Waals surface area contributed by atoms with E-state index in [-0.39, 0.29) is 24.8 Å². The highest BCUT2D eigenvalue weighted by molar-refractivity contribution is 5.85. The molecule has 22 heavy (non-hydrogen) atoms. The fourth-order valence-corrected chi connectivity index (χ4v) is 2.95. The molecule has 0 bridgehead atoms. The van der Waals surface area contributed by atoms with Crippen molar-refractivity contribution >= 4 is 24.8 Å². The summed E-state index contributed by atoms with van der Waals surface area (Å²) in [5.74, 6) is 0.939. The molecule has 1 aliphatic rings. The molecule has 0 amide bonds. The van der Waals surface area contributed by atoms with Crippen LogP contribution in [0.15, 0.2) is 30.9 Å². The van der Waals surface area contributed by atoms with Crippen LogP contribution in [0.5, 0.6) is 5.75 Å². The number of hydrogen-bond acceptors (Lipinski definition) is 3. The first-order valence-corrected chi connectivity index (χ1v) is 7.46. The van der Waals surface area contributed by atoms with Gasteiger partial charge < -0.3 is 10.1 Å². The monoisotopic (exact) mass is 346 g/mol. The highest BCUT2D eigenvalue weighted by Crippen LogP contribution is 2.30. The van der Waals surface area contributed by atoms with E-state index in [2.05, 4.69) is 41.9 Å². The molecule has 0 unspecified atom stereocenters. The molecule has 1 fully saturated rings. The Bertz CT molecular complexity index is 448. The molecule has 1 aromatic carbocycles. The fraction of sp³-hybridized carbons (Fsp3) is 0.529. The number of ether oxygens (including phenoxy) is 1. The third-order valence-corrected chi connectivity index (χ3v) is 4.07. The van der Waals surface area contributed by atoms with Gasteiger partial charge in [-0.3, -0.25) is 4.90 Å². The molecule has 1 aliphatic heterocycles. The van der Waals surface area contributed by atoms with Crippen LogP contribution in [-0.2, 0) is 0 Å². The second-order valence-corrected chi connectivity index (χ2v) is 5.39. The highest BCUT2D eigenvalue weighted by Gasteiger charge is 2.22. The van der Waals surface area contributed by atoms with Gasteiger partial charge in [0, 0.05) is 32.2 Å². The van der Waals surface area contributed by atoms with Crippen molar-refractivity contribution < 1.29 is 4.74 Å². The van der Waals surface area contributed by atoms with Crippen LogP contribution in [0.1, 0.15) is 30.0 Å². The van der Waals surface area contributed by atoms with Gasteiger partial charge >= 0.3 is 0 Å². The van der Waals surface area contributed by atoms with Crippen LogP contribution in [0, 0.1) is 6.92 Å². The van der Waals surface area contributed by atoms with Crippen molar-refractivity contribution in [2.75, 3.05) is 33.3 Å². The van der Waals surface area contributed by atoms with Crippen LogP contribution < -0.4 is 10.1 Å². The largest absolute Gasteiger partial charge is 0.497 e. The van der Waals surface area contributed by atoms with Gasteiger partial charge in [0.15, 0.2) is 0 Å². The fourth-order valence-electron chi connectivity index (χ4n) is 2.95. The van der Waals surface area contributed by atoms with Crippen LogP contribution in [0.2, 0.25) is 0 Å². The average molecular weight is 347 g/mol. The van der Waals surface area contributed by atoms with E-state index >= 15 is 0 Å². The van der Waals surface area contributed by atoms with Crippen molar-refractivity contribution in [3.63, 3.8) is 0 Å². The summed E-state index contributed by atoms with van der Waals surface area (Å²) >= 11 is 0. The topological polar surface area (TPSA) is 24.5 Å². The van der Waals surface area contributed by atoms with E-state index < -0.39 is 0 Å². The lowest BCUT2D eigenvalue weighted by Gasteiger charge is -2.36.